The smallest absolute Gasteiger partial charge is 0.306 e. The Kier molecular flexibility index (Phi) is 4.99. The summed E-state index contributed by atoms with van der Waals surface area (Å²) in [4.78, 5) is 23.5. The molecule has 1 aromatic carbocycles. The number of nitrogens with one attached hydrogen (secondary N) is 1. The monoisotopic (exact) mass is 289 g/mol. The van der Waals surface area contributed by atoms with E-state index in [0.29, 0.717) is 12.8 Å². The van der Waals surface area contributed by atoms with Crippen molar-refractivity contribution in [3.05, 3.63) is 35.9 Å². The molecule has 1 aliphatic carbocycles. The third kappa shape index (κ3) is 3.84. The summed E-state index contributed by atoms with van der Waals surface area (Å²) >= 11 is 0. The number of carbonyl (C=O) groups excluding carboxylic acids is 1. The first-order valence-electron chi connectivity index (χ1n) is 7.57. The van der Waals surface area contributed by atoms with E-state index in [1.54, 1.807) is 0 Å². The van der Waals surface area contributed by atoms with Crippen molar-refractivity contribution < 1.29 is 14.7 Å². The predicted octanol–water partition coefficient (Wildman–Crippen LogP) is 2.80. The molecule has 1 amide bonds. The van der Waals surface area contributed by atoms with Crippen LogP contribution in [0.25, 0.3) is 0 Å². The van der Waals surface area contributed by atoms with E-state index in [1.165, 1.54) is 0 Å². The molecule has 0 saturated heterocycles. The van der Waals surface area contributed by atoms with E-state index in [4.69, 9.17) is 5.11 Å². The predicted molar refractivity (Wildman–Crippen MR) is 80.9 cm³/mol. The molecule has 1 aromatic rings. The van der Waals surface area contributed by atoms with Gasteiger partial charge in [0.2, 0.25) is 5.91 Å². The topological polar surface area (TPSA) is 66.4 Å². The first-order chi connectivity index (χ1) is 9.99. The molecule has 0 bridgehead atoms. The number of carbonyl (C=O) groups is 2. The Labute approximate surface area is 125 Å². The minimum absolute atomic E-state index is 0.00670. The largest absolute Gasteiger partial charge is 0.481 e. The molecule has 0 heterocycles. The van der Waals surface area contributed by atoms with Crippen molar-refractivity contribution in [1.82, 2.24) is 5.32 Å². The minimum atomic E-state index is -0.754. The molecule has 3 atom stereocenters. The number of aliphatic carboxylic acids is 1. The number of carboxylic acids is 1. The number of benzene rings is 1. The van der Waals surface area contributed by atoms with Crippen molar-refractivity contribution >= 4 is 11.9 Å². The van der Waals surface area contributed by atoms with E-state index in [2.05, 4.69) is 5.32 Å². The number of hydrogen-bond acceptors (Lipinski definition) is 2. The fourth-order valence-corrected chi connectivity index (χ4v) is 3.13. The Balaban J connectivity index is 2.02. The molecule has 21 heavy (non-hydrogen) atoms. The number of carboxylic acid groups (broad SMARTS) is 1. The Morgan fingerprint density at radius 1 is 1.19 bits per heavy atom. The van der Waals surface area contributed by atoms with Crippen LogP contribution in [0.5, 0.6) is 0 Å². The fraction of sp³-hybridized carbons (Fsp3) is 0.529. The van der Waals surface area contributed by atoms with Gasteiger partial charge in [0, 0.05) is 6.04 Å². The van der Waals surface area contributed by atoms with E-state index in [-0.39, 0.29) is 29.7 Å². The lowest BCUT2D eigenvalue weighted by atomic mass is 9.87. The Morgan fingerprint density at radius 3 is 2.38 bits per heavy atom. The van der Waals surface area contributed by atoms with E-state index in [9.17, 15) is 9.59 Å². The van der Waals surface area contributed by atoms with Crippen molar-refractivity contribution in [2.24, 2.45) is 11.8 Å². The van der Waals surface area contributed by atoms with E-state index < -0.39 is 5.97 Å². The molecular weight excluding hydrogens is 266 g/mol. The third-order valence-corrected chi connectivity index (χ3v) is 4.24. The van der Waals surface area contributed by atoms with Gasteiger partial charge in [-0.25, -0.2) is 0 Å². The van der Waals surface area contributed by atoms with Crippen LogP contribution in [0.3, 0.4) is 0 Å². The summed E-state index contributed by atoms with van der Waals surface area (Å²) in [5.41, 5.74) is 1.01. The summed E-state index contributed by atoms with van der Waals surface area (Å²) in [6.45, 7) is 4.07. The lowest BCUT2D eigenvalue weighted by molar-refractivity contribution is -0.141. The molecule has 4 heteroatoms. The molecule has 4 nitrogen and oxygen atoms in total. The fourth-order valence-electron chi connectivity index (χ4n) is 3.13. The van der Waals surface area contributed by atoms with Gasteiger partial charge in [-0.1, -0.05) is 44.2 Å². The summed E-state index contributed by atoms with van der Waals surface area (Å²) in [5, 5.41) is 12.1. The average Bonchev–Trinajstić information content (AvgIpc) is 2.88. The van der Waals surface area contributed by atoms with Gasteiger partial charge in [-0.15, -0.1) is 0 Å². The highest BCUT2D eigenvalue weighted by molar-refractivity contribution is 5.84. The second-order valence-electron chi connectivity index (χ2n) is 6.19. The number of rotatable bonds is 5. The maximum absolute atomic E-state index is 12.6. The van der Waals surface area contributed by atoms with Gasteiger partial charge in [0.25, 0.3) is 0 Å². The number of amides is 1. The van der Waals surface area contributed by atoms with Crippen LogP contribution in [0.1, 0.15) is 44.6 Å². The molecule has 2 N–H and O–H groups in total. The summed E-state index contributed by atoms with van der Waals surface area (Å²) in [6.07, 6.45) is 1.95. The highest BCUT2D eigenvalue weighted by Crippen LogP contribution is 2.28. The Bertz CT molecular complexity index is 498. The highest BCUT2D eigenvalue weighted by atomic mass is 16.4. The molecule has 1 fully saturated rings. The summed E-state index contributed by atoms with van der Waals surface area (Å²) < 4.78 is 0. The molecule has 0 aliphatic heterocycles. The third-order valence-electron chi connectivity index (χ3n) is 4.24. The molecule has 0 spiro atoms. The van der Waals surface area contributed by atoms with Gasteiger partial charge < -0.3 is 10.4 Å². The lowest BCUT2D eigenvalue weighted by Crippen LogP contribution is -2.38. The summed E-state index contributed by atoms with van der Waals surface area (Å²) in [6, 6.07) is 9.75. The van der Waals surface area contributed by atoms with Gasteiger partial charge in [-0.2, -0.15) is 0 Å². The summed E-state index contributed by atoms with van der Waals surface area (Å²) in [7, 11) is 0. The van der Waals surface area contributed by atoms with Crippen LogP contribution < -0.4 is 5.32 Å². The highest BCUT2D eigenvalue weighted by Gasteiger charge is 2.32. The van der Waals surface area contributed by atoms with Crippen molar-refractivity contribution in [3.63, 3.8) is 0 Å². The maximum atomic E-state index is 12.6. The molecule has 0 radical (unpaired) electrons. The maximum Gasteiger partial charge on any atom is 0.306 e. The van der Waals surface area contributed by atoms with E-state index in [0.717, 1.165) is 12.0 Å². The second kappa shape index (κ2) is 6.74. The SMILES string of the molecule is CC(C)[C@H](C(=O)N[C@H]1CC[C@@H](C(=O)O)C1)c1ccccc1. The van der Waals surface area contributed by atoms with Crippen molar-refractivity contribution in [2.75, 3.05) is 0 Å². The number of hydrogen-bond donors (Lipinski definition) is 2. The van der Waals surface area contributed by atoms with Crippen LogP contribution in [-0.4, -0.2) is 23.0 Å². The van der Waals surface area contributed by atoms with Crippen molar-refractivity contribution in [2.45, 2.75) is 45.1 Å². The van der Waals surface area contributed by atoms with Crippen LogP contribution in [-0.2, 0) is 9.59 Å². The molecule has 0 unspecified atom stereocenters. The Morgan fingerprint density at radius 2 is 1.86 bits per heavy atom. The van der Waals surface area contributed by atoms with Gasteiger partial charge in [-0.3, -0.25) is 9.59 Å². The quantitative estimate of drug-likeness (QED) is 0.876. The van der Waals surface area contributed by atoms with Crippen molar-refractivity contribution in [3.8, 4) is 0 Å². The van der Waals surface area contributed by atoms with E-state index >= 15 is 0 Å². The van der Waals surface area contributed by atoms with Gasteiger partial charge in [0.1, 0.15) is 0 Å². The van der Waals surface area contributed by atoms with Crippen molar-refractivity contribution in [1.29, 1.82) is 0 Å². The molecule has 0 aromatic heterocycles. The molecular formula is C17H23NO3. The zero-order valence-corrected chi connectivity index (χ0v) is 12.6. The van der Waals surface area contributed by atoms with Crippen LogP contribution >= 0.6 is 0 Å². The normalized spacial score (nSPS) is 23.0. The second-order valence-corrected chi connectivity index (χ2v) is 6.19. The van der Waals surface area contributed by atoms with Crippen LogP contribution in [0.4, 0.5) is 0 Å². The molecule has 114 valence electrons. The first kappa shape index (κ1) is 15.5. The standard InChI is InChI=1S/C17H23NO3/c1-11(2)15(12-6-4-3-5-7-12)16(19)18-14-9-8-13(10-14)17(20)21/h3-7,11,13-15H,8-10H2,1-2H3,(H,18,19)(H,20,21)/t13-,14+,15+/m1/s1. The van der Waals surface area contributed by atoms with Gasteiger partial charge in [-0.05, 0) is 30.7 Å². The van der Waals surface area contributed by atoms with Gasteiger partial charge in [0.15, 0.2) is 0 Å². The zero-order chi connectivity index (χ0) is 15.4. The van der Waals surface area contributed by atoms with Gasteiger partial charge in [0.05, 0.1) is 11.8 Å². The van der Waals surface area contributed by atoms with E-state index in [1.807, 2.05) is 44.2 Å². The summed E-state index contributed by atoms with van der Waals surface area (Å²) in [5.74, 6) is -1.05. The van der Waals surface area contributed by atoms with Crippen LogP contribution in [0.15, 0.2) is 30.3 Å². The minimum Gasteiger partial charge on any atom is -0.481 e. The molecule has 1 aliphatic rings. The van der Waals surface area contributed by atoms with Crippen LogP contribution in [0, 0.1) is 11.8 Å². The van der Waals surface area contributed by atoms with Crippen LogP contribution in [0.2, 0.25) is 0 Å². The zero-order valence-electron chi connectivity index (χ0n) is 12.6. The molecule has 2 rings (SSSR count). The first-order valence-corrected chi connectivity index (χ1v) is 7.57. The Hall–Kier alpha value is -1.84. The lowest BCUT2D eigenvalue weighted by Gasteiger charge is -2.23. The average molecular weight is 289 g/mol. The van der Waals surface area contributed by atoms with Gasteiger partial charge >= 0.3 is 5.97 Å². The molecule has 1 saturated carbocycles.